The molecule has 2 aliphatic rings. The summed E-state index contributed by atoms with van der Waals surface area (Å²) in [4.78, 5) is 27.5. The first kappa shape index (κ1) is 22.0. The normalized spacial score (nSPS) is 17.5. The molecule has 0 aromatic heterocycles. The zero-order valence-electron chi connectivity index (χ0n) is 18.7. The highest BCUT2D eigenvalue weighted by Crippen LogP contribution is 2.40. The lowest BCUT2D eigenvalue weighted by atomic mass is 9.83. The topological polar surface area (TPSA) is 100 Å². The Kier molecular flexibility index (Phi) is 6.28. The van der Waals surface area contributed by atoms with Gasteiger partial charge in [-0.3, -0.25) is 14.6 Å². The molecule has 0 bridgehead atoms. The molecular formula is C25H29N3O4. The SMILES string of the molecule is CCO[C@H]1CCCc2c(Cc3c(C)cc(NC(=O)C4=NCC(=O)N4)cc3C)ccc(O)c21. The van der Waals surface area contributed by atoms with E-state index in [9.17, 15) is 14.7 Å². The van der Waals surface area contributed by atoms with Gasteiger partial charge < -0.3 is 20.5 Å². The Morgan fingerprint density at radius 2 is 2.03 bits per heavy atom. The molecule has 1 aliphatic heterocycles. The first-order valence-electron chi connectivity index (χ1n) is 11.1. The lowest BCUT2D eigenvalue weighted by Crippen LogP contribution is -2.35. The number of fused-ring (bicyclic) bond motifs is 1. The van der Waals surface area contributed by atoms with Crippen molar-refractivity contribution in [1.29, 1.82) is 0 Å². The summed E-state index contributed by atoms with van der Waals surface area (Å²) in [6.07, 6.45) is 3.59. The number of aryl methyl sites for hydroxylation is 2. The summed E-state index contributed by atoms with van der Waals surface area (Å²) in [5.74, 6) is -0.331. The third-order valence-electron chi connectivity index (χ3n) is 6.19. The van der Waals surface area contributed by atoms with Gasteiger partial charge in [-0.15, -0.1) is 0 Å². The van der Waals surface area contributed by atoms with Crippen LogP contribution in [0.4, 0.5) is 5.69 Å². The van der Waals surface area contributed by atoms with Crippen LogP contribution in [0.15, 0.2) is 29.3 Å². The number of rotatable bonds is 6. The Bertz CT molecular complexity index is 1080. The van der Waals surface area contributed by atoms with Crippen molar-refractivity contribution in [3.8, 4) is 5.75 Å². The number of anilines is 1. The molecule has 32 heavy (non-hydrogen) atoms. The predicted molar refractivity (Wildman–Crippen MR) is 123 cm³/mol. The molecule has 7 heteroatoms. The van der Waals surface area contributed by atoms with Gasteiger partial charge in [-0.1, -0.05) is 6.07 Å². The van der Waals surface area contributed by atoms with Crippen LogP contribution in [0, 0.1) is 13.8 Å². The van der Waals surface area contributed by atoms with Gasteiger partial charge in [0.25, 0.3) is 5.91 Å². The van der Waals surface area contributed by atoms with Crippen molar-refractivity contribution < 1.29 is 19.4 Å². The first-order valence-corrected chi connectivity index (χ1v) is 11.1. The Hall–Kier alpha value is -3.19. The van der Waals surface area contributed by atoms with Gasteiger partial charge in [0.15, 0.2) is 5.84 Å². The maximum absolute atomic E-state index is 12.3. The van der Waals surface area contributed by atoms with Gasteiger partial charge in [-0.2, -0.15) is 0 Å². The maximum Gasteiger partial charge on any atom is 0.291 e. The van der Waals surface area contributed by atoms with Crippen LogP contribution < -0.4 is 10.6 Å². The lowest BCUT2D eigenvalue weighted by molar-refractivity contribution is -0.118. The molecule has 168 valence electrons. The van der Waals surface area contributed by atoms with Crippen molar-refractivity contribution in [3.05, 3.63) is 57.6 Å². The molecule has 0 unspecified atom stereocenters. The number of benzene rings is 2. The van der Waals surface area contributed by atoms with Gasteiger partial charge in [0.05, 0.1) is 6.10 Å². The van der Waals surface area contributed by atoms with E-state index >= 15 is 0 Å². The van der Waals surface area contributed by atoms with E-state index in [2.05, 4.69) is 15.6 Å². The second-order valence-corrected chi connectivity index (χ2v) is 8.40. The number of aliphatic imine (C=N–C) groups is 1. The Labute approximate surface area is 187 Å². The van der Waals surface area contributed by atoms with Gasteiger partial charge in [-0.05, 0) is 92.5 Å². The van der Waals surface area contributed by atoms with E-state index in [1.165, 1.54) is 16.7 Å². The number of amides is 2. The van der Waals surface area contributed by atoms with Crippen molar-refractivity contribution in [1.82, 2.24) is 5.32 Å². The minimum atomic E-state index is -0.419. The summed E-state index contributed by atoms with van der Waals surface area (Å²) in [5, 5.41) is 15.8. The number of phenolic OH excluding ortho intramolecular Hbond substituents is 1. The number of nitrogens with one attached hydrogen (secondary N) is 2. The summed E-state index contributed by atoms with van der Waals surface area (Å²) in [7, 11) is 0. The van der Waals surface area contributed by atoms with E-state index in [4.69, 9.17) is 4.74 Å². The molecule has 1 atom stereocenters. The van der Waals surface area contributed by atoms with Crippen LogP contribution in [0.1, 0.15) is 59.3 Å². The molecule has 0 fully saturated rings. The van der Waals surface area contributed by atoms with Crippen LogP contribution in [0.2, 0.25) is 0 Å². The fourth-order valence-electron chi connectivity index (χ4n) is 4.71. The molecule has 3 N–H and O–H groups in total. The van der Waals surface area contributed by atoms with Gasteiger partial charge in [-0.25, -0.2) is 0 Å². The van der Waals surface area contributed by atoms with Crippen LogP contribution in [0.25, 0.3) is 0 Å². The average Bonchev–Trinajstić information content (AvgIpc) is 3.19. The highest BCUT2D eigenvalue weighted by atomic mass is 16.5. The van der Waals surface area contributed by atoms with E-state index in [1.54, 1.807) is 6.07 Å². The van der Waals surface area contributed by atoms with Crippen molar-refractivity contribution in [2.45, 2.75) is 52.6 Å². The number of hydrogen-bond donors (Lipinski definition) is 3. The van der Waals surface area contributed by atoms with Crippen LogP contribution >= 0.6 is 0 Å². The quantitative estimate of drug-likeness (QED) is 0.647. The molecule has 2 aromatic rings. The zero-order chi connectivity index (χ0) is 22.8. The van der Waals surface area contributed by atoms with Crippen molar-refractivity contribution in [2.75, 3.05) is 18.5 Å². The number of nitrogens with zero attached hydrogens (tertiary/aromatic N) is 1. The average molecular weight is 436 g/mol. The summed E-state index contributed by atoms with van der Waals surface area (Å²) in [6, 6.07) is 7.67. The van der Waals surface area contributed by atoms with E-state index in [0.717, 1.165) is 42.4 Å². The molecule has 0 saturated carbocycles. The van der Waals surface area contributed by atoms with Crippen molar-refractivity contribution in [2.24, 2.45) is 4.99 Å². The Morgan fingerprint density at radius 1 is 1.28 bits per heavy atom. The lowest BCUT2D eigenvalue weighted by Gasteiger charge is -2.28. The van der Waals surface area contributed by atoms with Gasteiger partial charge >= 0.3 is 0 Å². The molecular weight excluding hydrogens is 406 g/mol. The standard InChI is InChI=1S/C25H29N3O4/c1-4-32-21-7-5-6-18-16(8-9-20(29)23(18)21)12-19-14(2)10-17(11-15(19)3)27-25(31)24-26-13-22(30)28-24/h8-11,21,29H,4-7,12-13H2,1-3H3,(H,27,31)(H,26,28,30)/t21-/m0/s1. The fraction of sp³-hybridized carbons (Fsp3) is 0.400. The monoisotopic (exact) mass is 435 g/mol. The Balaban J connectivity index is 1.59. The molecule has 2 amide bonds. The number of aromatic hydroxyl groups is 1. The van der Waals surface area contributed by atoms with E-state index < -0.39 is 5.91 Å². The highest BCUT2D eigenvalue weighted by molar-refractivity contribution is 6.45. The summed E-state index contributed by atoms with van der Waals surface area (Å²) < 4.78 is 5.91. The fourth-order valence-corrected chi connectivity index (χ4v) is 4.71. The van der Waals surface area contributed by atoms with Crippen LogP contribution in [-0.4, -0.2) is 35.9 Å². The number of carbonyl (C=O) groups excluding carboxylic acids is 2. The molecule has 0 spiro atoms. The second-order valence-electron chi connectivity index (χ2n) is 8.40. The first-order chi connectivity index (χ1) is 15.4. The summed E-state index contributed by atoms with van der Waals surface area (Å²) >= 11 is 0. The van der Waals surface area contributed by atoms with E-state index in [0.29, 0.717) is 18.0 Å². The van der Waals surface area contributed by atoms with Crippen LogP contribution in [-0.2, 0) is 27.2 Å². The summed E-state index contributed by atoms with van der Waals surface area (Å²) in [5.41, 5.74) is 7.33. The van der Waals surface area contributed by atoms with Gasteiger partial charge in [0.2, 0.25) is 5.91 Å². The number of phenols is 1. The highest BCUT2D eigenvalue weighted by Gasteiger charge is 2.26. The molecule has 7 nitrogen and oxygen atoms in total. The number of carbonyl (C=O) groups is 2. The smallest absolute Gasteiger partial charge is 0.291 e. The second kappa shape index (κ2) is 9.12. The summed E-state index contributed by atoms with van der Waals surface area (Å²) in [6.45, 7) is 6.65. The number of hydrogen-bond acceptors (Lipinski definition) is 5. The molecule has 1 aliphatic carbocycles. The predicted octanol–water partition coefficient (Wildman–Crippen LogP) is 3.48. The molecule has 0 radical (unpaired) electrons. The third-order valence-corrected chi connectivity index (χ3v) is 6.19. The minimum absolute atomic E-state index is 0.0130. The van der Waals surface area contributed by atoms with E-state index in [1.807, 2.05) is 39.0 Å². The third kappa shape index (κ3) is 4.39. The van der Waals surface area contributed by atoms with E-state index in [-0.39, 0.29) is 24.4 Å². The Morgan fingerprint density at radius 3 is 2.69 bits per heavy atom. The largest absolute Gasteiger partial charge is 0.508 e. The minimum Gasteiger partial charge on any atom is -0.508 e. The zero-order valence-corrected chi connectivity index (χ0v) is 18.7. The molecule has 2 aromatic carbocycles. The van der Waals surface area contributed by atoms with Crippen LogP contribution in [0.5, 0.6) is 5.75 Å². The van der Waals surface area contributed by atoms with Gasteiger partial charge in [0, 0.05) is 17.9 Å². The number of amidine groups is 1. The molecule has 1 heterocycles. The number of ether oxygens (including phenoxy) is 1. The maximum atomic E-state index is 12.3. The van der Waals surface area contributed by atoms with Crippen molar-refractivity contribution in [3.63, 3.8) is 0 Å². The molecule has 4 rings (SSSR count). The molecule has 0 saturated heterocycles. The van der Waals surface area contributed by atoms with Crippen LogP contribution in [0.3, 0.4) is 0 Å². The van der Waals surface area contributed by atoms with Crippen molar-refractivity contribution >= 4 is 23.3 Å². The van der Waals surface area contributed by atoms with Gasteiger partial charge in [0.1, 0.15) is 12.3 Å².